The minimum atomic E-state index is -1.14. The van der Waals surface area contributed by atoms with E-state index in [4.69, 9.17) is 25.2 Å². The molecule has 1 amide bonds. The van der Waals surface area contributed by atoms with Gasteiger partial charge in [0.05, 0.1) is 12.5 Å². The van der Waals surface area contributed by atoms with Crippen molar-refractivity contribution in [2.45, 2.75) is 19.1 Å². The number of carbonyl (C=O) groups is 2. The van der Waals surface area contributed by atoms with Crippen molar-refractivity contribution in [1.82, 2.24) is 5.32 Å². The second kappa shape index (κ2) is 10.6. The molecule has 0 saturated heterocycles. The summed E-state index contributed by atoms with van der Waals surface area (Å²) in [6, 6.07) is 22.3. The fourth-order valence-electron chi connectivity index (χ4n) is 3.89. The first kappa shape index (κ1) is 24.2. The van der Waals surface area contributed by atoms with Gasteiger partial charge < -0.3 is 24.0 Å². The lowest BCUT2D eigenvalue weighted by Crippen LogP contribution is -2.42. The number of hydrogen-bond donors (Lipinski definition) is 2. The van der Waals surface area contributed by atoms with Crippen molar-refractivity contribution >= 4 is 34.4 Å². The number of rotatable bonds is 9. The molecule has 186 valence electrons. The van der Waals surface area contributed by atoms with Crippen LogP contribution in [0.4, 0.5) is 0 Å². The zero-order valence-electron chi connectivity index (χ0n) is 19.5. The molecular weight excluding hydrogens is 494 g/mol. The largest absolute Gasteiger partial charge is 0.489 e. The van der Waals surface area contributed by atoms with Gasteiger partial charge in [-0.05, 0) is 59.2 Å². The van der Waals surface area contributed by atoms with Crippen LogP contribution in [0.3, 0.4) is 0 Å². The molecule has 7 nitrogen and oxygen atoms in total. The summed E-state index contributed by atoms with van der Waals surface area (Å²) in [5.41, 5.74) is 4.03. The summed E-state index contributed by atoms with van der Waals surface area (Å²) >= 11 is 5.97. The minimum Gasteiger partial charge on any atom is -0.489 e. The number of fused-ring (bicyclic) bond motifs is 1. The van der Waals surface area contributed by atoms with Crippen LogP contribution in [0.5, 0.6) is 5.75 Å². The van der Waals surface area contributed by atoms with Crippen molar-refractivity contribution in [2.75, 3.05) is 0 Å². The Labute approximate surface area is 217 Å². The summed E-state index contributed by atoms with van der Waals surface area (Å²) in [7, 11) is 0. The van der Waals surface area contributed by atoms with Crippen LogP contribution in [0.1, 0.15) is 21.7 Å². The Morgan fingerprint density at radius 1 is 0.919 bits per heavy atom. The molecule has 5 aromatic rings. The molecule has 0 aliphatic heterocycles. The Hall–Kier alpha value is -4.49. The monoisotopic (exact) mass is 515 g/mol. The quantitative estimate of drug-likeness (QED) is 0.237. The number of carboxylic acid groups (broad SMARTS) is 1. The molecule has 0 saturated carbocycles. The van der Waals surface area contributed by atoms with E-state index in [1.54, 1.807) is 55.0 Å². The lowest BCUT2D eigenvalue weighted by Gasteiger charge is -2.14. The van der Waals surface area contributed by atoms with Crippen molar-refractivity contribution in [3.63, 3.8) is 0 Å². The summed E-state index contributed by atoms with van der Waals surface area (Å²) in [4.78, 5) is 24.7. The predicted octanol–water partition coefficient (Wildman–Crippen LogP) is 6.35. The van der Waals surface area contributed by atoms with Gasteiger partial charge in [-0.15, -0.1) is 0 Å². The number of carbonyl (C=O) groups excluding carboxylic acids is 1. The van der Waals surface area contributed by atoms with Gasteiger partial charge in [-0.1, -0.05) is 48.0 Å². The van der Waals surface area contributed by atoms with Gasteiger partial charge in [0.15, 0.2) is 5.76 Å². The zero-order valence-corrected chi connectivity index (χ0v) is 20.3. The zero-order chi connectivity index (χ0) is 25.8. The van der Waals surface area contributed by atoms with E-state index in [0.717, 1.165) is 27.6 Å². The second-order valence-electron chi connectivity index (χ2n) is 8.50. The molecule has 1 atom stereocenters. The average Bonchev–Trinajstić information content (AvgIpc) is 3.58. The van der Waals surface area contributed by atoms with Crippen LogP contribution in [-0.4, -0.2) is 23.0 Å². The van der Waals surface area contributed by atoms with E-state index >= 15 is 0 Å². The van der Waals surface area contributed by atoms with Crippen LogP contribution in [0, 0.1) is 0 Å². The predicted molar refractivity (Wildman–Crippen MR) is 139 cm³/mol. The summed E-state index contributed by atoms with van der Waals surface area (Å²) in [6.07, 6.45) is 3.28. The highest BCUT2D eigenvalue weighted by atomic mass is 35.5. The highest BCUT2D eigenvalue weighted by Crippen LogP contribution is 2.28. The van der Waals surface area contributed by atoms with Gasteiger partial charge in [0.1, 0.15) is 24.0 Å². The fraction of sp³-hybridized carbons (Fsp3) is 0.103. The van der Waals surface area contributed by atoms with E-state index in [9.17, 15) is 14.7 Å². The van der Waals surface area contributed by atoms with Crippen molar-refractivity contribution < 1.29 is 28.3 Å². The van der Waals surface area contributed by atoms with Gasteiger partial charge in [0, 0.05) is 22.4 Å². The topological polar surface area (TPSA) is 102 Å². The number of furan rings is 2. The van der Waals surface area contributed by atoms with E-state index in [1.807, 2.05) is 36.4 Å². The first-order valence-corrected chi connectivity index (χ1v) is 11.9. The van der Waals surface area contributed by atoms with Gasteiger partial charge in [0.2, 0.25) is 0 Å². The lowest BCUT2D eigenvalue weighted by molar-refractivity contribution is -0.139. The molecule has 2 heterocycles. The summed E-state index contributed by atoms with van der Waals surface area (Å²) in [6.45, 7) is 0.363. The smallest absolute Gasteiger partial charge is 0.326 e. The number of nitrogens with one attached hydrogen (secondary N) is 1. The van der Waals surface area contributed by atoms with E-state index in [0.29, 0.717) is 23.0 Å². The molecule has 8 heteroatoms. The number of aliphatic carboxylic acids is 1. The Kier molecular flexibility index (Phi) is 6.96. The van der Waals surface area contributed by atoms with Crippen LogP contribution in [-0.2, 0) is 17.8 Å². The highest BCUT2D eigenvalue weighted by Gasteiger charge is 2.23. The maximum Gasteiger partial charge on any atom is 0.326 e. The van der Waals surface area contributed by atoms with Crippen molar-refractivity contribution in [1.29, 1.82) is 0 Å². The maximum atomic E-state index is 12.9. The summed E-state index contributed by atoms with van der Waals surface area (Å²) in [5.74, 6) is -1.06. The molecule has 0 fully saturated rings. The minimum absolute atomic E-state index is 0.0394. The molecule has 0 aliphatic rings. The molecule has 3 aromatic carbocycles. The third kappa shape index (κ3) is 5.85. The van der Waals surface area contributed by atoms with Gasteiger partial charge in [-0.2, -0.15) is 0 Å². The number of ether oxygens (including phenoxy) is 1. The molecule has 0 aliphatic carbocycles. The number of carboxylic acids is 1. The Bertz CT molecular complexity index is 1520. The fourth-order valence-corrected chi connectivity index (χ4v) is 4.02. The van der Waals surface area contributed by atoms with Crippen molar-refractivity contribution in [3.05, 3.63) is 113 Å². The lowest BCUT2D eigenvalue weighted by atomic mass is 10.0. The number of amides is 1. The van der Waals surface area contributed by atoms with E-state index in [-0.39, 0.29) is 12.2 Å². The van der Waals surface area contributed by atoms with E-state index in [2.05, 4.69) is 5.32 Å². The molecule has 0 spiro atoms. The average molecular weight is 516 g/mol. The molecule has 0 bridgehead atoms. The van der Waals surface area contributed by atoms with Gasteiger partial charge in [-0.25, -0.2) is 4.79 Å². The van der Waals surface area contributed by atoms with E-state index in [1.165, 1.54) is 0 Å². The van der Waals surface area contributed by atoms with Gasteiger partial charge in [-0.3, -0.25) is 4.79 Å². The molecule has 5 rings (SSSR count). The molecule has 0 unspecified atom stereocenters. The number of hydrogen-bond acceptors (Lipinski definition) is 5. The molecular formula is C29H22ClNO6. The molecule has 2 aromatic heterocycles. The number of benzene rings is 3. The van der Waals surface area contributed by atoms with Gasteiger partial charge in [0.25, 0.3) is 5.91 Å². The summed E-state index contributed by atoms with van der Waals surface area (Å²) < 4.78 is 16.5. The maximum absolute atomic E-state index is 12.9. The standard InChI is InChI=1S/C29H22ClNO6/c30-23-7-5-20(6-8-23)21-3-4-22-15-27(37-26(22)14-21)28(32)31-25(29(33)34)13-18-1-9-24(10-2-18)36-17-19-11-12-35-16-19/h1-12,14-16,25H,13,17H2,(H,31,32)(H,33,34)/t25-/m0/s1. The highest BCUT2D eigenvalue weighted by molar-refractivity contribution is 6.30. The van der Waals surface area contributed by atoms with Crippen LogP contribution in [0.2, 0.25) is 5.02 Å². The Morgan fingerprint density at radius 2 is 1.68 bits per heavy atom. The van der Waals surface area contributed by atoms with Crippen LogP contribution in [0.15, 0.2) is 100 Å². The Balaban J connectivity index is 1.25. The first-order chi connectivity index (χ1) is 17.9. The molecule has 2 N–H and O–H groups in total. The third-order valence-electron chi connectivity index (χ3n) is 5.87. The Morgan fingerprint density at radius 3 is 2.38 bits per heavy atom. The second-order valence-corrected chi connectivity index (χ2v) is 8.94. The summed E-state index contributed by atoms with van der Waals surface area (Å²) in [5, 5.41) is 13.7. The van der Waals surface area contributed by atoms with E-state index < -0.39 is 17.9 Å². The molecule has 37 heavy (non-hydrogen) atoms. The molecule has 0 radical (unpaired) electrons. The normalized spacial score (nSPS) is 11.8. The number of halogens is 1. The first-order valence-electron chi connectivity index (χ1n) is 11.5. The third-order valence-corrected chi connectivity index (χ3v) is 6.13. The van der Waals surface area contributed by atoms with Crippen LogP contribution in [0.25, 0.3) is 22.1 Å². The van der Waals surface area contributed by atoms with Crippen LogP contribution < -0.4 is 10.1 Å². The van der Waals surface area contributed by atoms with Gasteiger partial charge >= 0.3 is 5.97 Å². The van der Waals surface area contributed by atoms with Crippen LogP contribution >= 0.6 is 11.6 Å². The van der Waals surface area contributed by atoms with Crippen molar-refractivity contribution in [2.24, 2.45) is 0 Å². The van der Waals surface area contributed by atoms with Crippen molar-refractivity contribution in [3.8, 4) is 16.9 Å². The SMILES string of the molecule is O=C(N[C@@H](Cc1ccc(OCc2ccoc2)cc1)C(=O)O)c1cc2ccc(-c3ccc(Cl)cc3)cc2o1.